The molecule has 5 N–H and O–H groups in total. The third-order valence-corrected chi connectivity index (χ3v) is 12.4. The fourth-order valence-corrected chi connectivity index (χ4v) is 8.46. The van der Waals surface area contributed by atoms with Gasteiger partial charge in [-0.25, -0.2) is 9.97 Å². The molecule has 0 unspecified atom stereocenters. The molecule has 2 heterocycles. The number of rotatable bonds is 32. The number of aryl methyl sites for hydroxylation is 1. The number of benzene rings is 4. The average Bonchev–Trinajstić information content (AvgIpc) is 3.58. The summed E-state index contributed by atoms with van der Waals surface area (Å²) < 4.78 is 73.5. The molecule has 0 radical (unpaired) electrons. The Hall–Kier alpha value is -7.31. The second-order valence-corrected chi connectivity index (χ2v) is 19.4. The smallest absolute Gasteiger partial charge is 0.379 e. The molecular weight excluding hydrogens is 1030 g/mol. The molecule has 79 heavy (non-hydrogen) atoms. The Kier molecular flexibility index (Phi) is 22.8. The number of nitrogen functional groups attached to an aromatic ring is 1. The van der Waals surface area contributed by atoms with Crippen LogP contribution in [0.1, 0.15) is 91.2 Å². The molecule has 0 spiro atoms. The van der Waals surface area contributed by atoms with Crippen molar-refractivity contribution in [1.29, 1.82) is 0 Å². The Morgan fingerprint density at radius 1 is 0.684 bits per heavy atom. The van der Waals surface area contributed by atoms with Crippen LogP contribution in [0.25, 0.3) is 11.2 Å². The van der Waals surface area contributed by atoms with E-state index in [0.29, 0.717) is 30.7 Å². The Morgan fingerprint density at radius 2 is 1.27 bits per heavy atom. The Balaban J connectivity index is 0.801. The number of halogens is 3. The maximum Gasteiger partial charge on any atom is 0.471 e. The van der Waals surface area contributed by atoms with Crippen LogP contribution >= 0.6 is 0 Å². The van der Waals surface area contributed by atoms with E-state index in [1.54, 1.807) is 20.8 Å². The van der Waals surface area contributed by atoms with Crippen LogP contribution in [0.5, 0.6) is 0 Å². The molecular formula is C57H67F3N8O11. The summed E-state index contributed by atoms with van der Waals surface area (Å²) in [4.78, 5) is 78.8. The molecule has 6 aromatic rings. The summed E-state index contributed by atoms with van der Waals surface area (Å²) in [5, 5.41) is 6.56. The first kappa shape index (κ1) is 60.9. The first-order chi connectivity index (χ1) is 37.9. The normalized spacial score (nSPS) is 12.3. The zero-order valence-corrected chi connectivity index (χ0v) is 44.6. The van der Waals surface area contributed by atoms with Gasteiger partial charge in [-0.15, -0.1) is 0 Å². The predicted octanol–water partition coefficient (Wildman–Crippen LogP) is 7.44. The topological polar surface area (TPSA) is 249 Å². The van der Waals surface area contributed by atoms with E-state index in [1.807, 2.05) is 36.4 Å². The number of carbonyl (C=O) groups excluding carboxylic acids is 4. The van der Waals surface area contributed by atoms with Gasteiger partial charge in [0.25, 0.3) is 11.5 Å². The van der Waals surface area contributed by atoms with Crippen molar-refractivity contribution in [1.82, 2.24) is 30.6 Å². The fraction of sp³-hybridized carbons (Fsp3) is 0.404. The summed E-state index contributed by atoms with van der Waals surface area (Å²) in [7, 11) is 0. The molecule has 2 aromatic heterocycles. The monoisotopic (exact) mass is 1100 g/mol. The number of alkyl halides is 3. The highest BCUT2D eigenvalue weighted by Gasteiger charge is 2.43. The summed E-state index contributed by atoms with van der Waals surface area (Å²) in [6.45, 7) is 7.84. The van der Waals surface area contributed by atoms with Gasteiger partial charge in [0.05, 0.1) is 49.8 Å². The van der Waals surface area contributed by atoms with Crippen LogP contribution in [-0.2, 0) is 54.9 Å². The summed E-state index contributed by atoms with van der Waals surface area (Å²) in [5.41, 5.74) is 7.15. The quantitative estimate of drug-likeness (QED) is 0.0182. The lowest BCUT2D eigenvalue weighted by atomic mass is 9.76. The van der Waals surface area contributed by atoms with Gasteiger partial charge in [0, 0.05) is 37.1 Å². The molecule has 19 nitrogen and oxygen atoms in total. The second kappa shape index (κ2) is 29.6. The number of Topliss-reactive ketones (excluding diaryl/α,β-unsaturated/α-hetero) is 2. The van der Waals surface area contributed by atoms with Gasteiger partial charge < -0.3 is 39.5 Å². The molecule has 2 amide bonds. The molecule has 6 rings (SSSR count). The number of aromatic amines is 1. The molecule has 0 bridgehead atoms. The van der Waals surface area contributed by atoms with E-state index >= 15 is 0 Å². The van der Waals surface area contributed by atoms with Gasteiger partial charge in [-0.2, -0.15) is 18.2 Å². The molecule has 0 aliphatic rings. The highest BCUT2D eigenvalue weighted by Crippen LogP contribution is 2.37. The number of amides is 2. The number of ether oxygens (including phenoxy) is 6. The zero-order valence-electron chi connectivity index (χ0n) is 44.6. The maximum atomic E-state index is 13.7. The van der Waals surface area contributed by atoms with E-state index in [0.717, 1.165) is 35.0 Å². The Morgan fingerprint density at radius 3 is 1.87 bits per heavy atom. The van der Waals surface area contributed by atoms with Crippen molar-refractivity contribution < 1.29 is 60.8 Å². The SMILES string of the molecule is Cc1ccc(C(NCCCC(=O)CCOCOCOCOCOCCOCCCC(=O)[C@H](NC(=O)c2ccc(N(Cc3cnc4nc(N)[nH]c(=O)c4n3)C(=O)C(F)(F)F)cc2)C(C)(C)C)(c2ccccc2)c2ccccc2)cc1. The molecule has 422 valence electrons. The highest BCUT2D eigenvalue weighted by molar-refractivity contribution is 6.00. The van der Waals surface area contributed by atoms with Crippen LogP contribution in [0.2, 0.25) is 0 Å². The van der Waals surface area contributed by atoms with Gasteiger partial charge >= 0.3 is 12.1 Å². The number of hydrogen-bond acceptors (Lipinski definition) is 16. The minimum Gasteiger partial charge on any atom is -0.379 e. The number of nitrogens with two attached hydrogens (primary N) is 1. The number of fused-ring (bicyclic) bond motifs is 1. The minimum atomic E-state index is -5.28. The van der Waals surface area contributed by atoms with Crippen LogP contribution in [-0.4, -0.2) is 116 Å². The standard InChI is InChI=1S/C57H67F3N8O11/c1-39-19-23-43(24-20-39)56(41-13-7-5-8-14-41,42-15-9-6-10-16-42)63-28-11-17-46(69)27-30-75-35-77-37-79-38-78-36-76-32-31-74-29-12-18-47(70)49(55(2,3)4)65-51(71)40-21-25-45(26-22-40)68(53(73)57(58,59)60)34-44-33-62-50-48(64-44)52(72)67-54(61)66-50/h5-10,13-16,19-26,33,49,63H,11-12,17-18,27-32,34-38H2,1-4H3,(H,65,71)(H3,61,62,66,67,72)/t49-/m0/s1. The lowest BCUT2D eigenvalue weighted by Gasteiger charge is -2.37. The second-order valence-electron chi connectivity index (χ2n) is 19.4. The number of ketones is 2. The van der Waals surface area contributed by atoms with E-state index in [1.165, 1.54) is 17.7 Å². The summed E-state index contributed by atoms with van der Waals surface area (Å²) >= 11 is 0. The molecule has 0 aliphatic heterocycles. The van der Waals surface area contributed by atoms with Crippen LogP contribution in [0, 0.1) is 12.3 Å². The number of anilines is 2. The van der Waals surface area contributed by atoms with Gasteiger partial charge in [-0.05, 0) is 72.7 Å². The fourth-order valence-electron chi connectivity index (χ4n) is 8.46. The molecule has 4 aromatic carbocycles. The van der Waals surface area contributed by atoms with Crippen LogP contribution in [0.3, 0.4) is 0 Å². The van der Waals surface area contributed by atoms with Crippen molar-refractivity contribution in [3.8, 4) is 0 Å². The van der Waals surface area contributed by atoms with Crippen molar-refractivity contribution in [2.75, 3.05) is 70.8 Å². The lowest BCUT2D eigenvalue weighted by Crippen LogP contribution is -2.49. The van der Waals surface area contributed by atoms with E-state index in [2.05, 4.69) is 86.0 Å². The molecule has 0 fully saturated rings. The largest absolute Gasteiger partial charge is 0.471 e. The first-order valence-electron chi connectivity index (χ1n) is 25.6. The first-order valence-corrected chi connectivity index (χ1v) is 25.6. The molecule has 0 saturated heterocycles. The third kappa shape index (κ3) is 18.1. The highest BCUT2D eigenvalue weighted by atomic mass is 19.4. The van der Waals surface area contributed by atoms with E-state index in [9.17, 15) is 37.1 Å². The van der Waals surface area contributed by atoms with E-state index < -0.39 is 47.1 Å². The third-order valence-electron chi connectivity index (χ3n) is 12.4. The summed E-state index contributed by atoms with van der Waals surface area (Å²) in [5.74, 6) is -3.29. The van der Waals surface area contributed by atoms with Crippen molar-refractivity contribution >= 4 is 46.2 Å². The van der Waals surface area contributed by atoms with Gasteiger partial charge in [0.1, 0.15) is 19.4 Å². The number of hydrogen-bond donors (Lipinski definition) is 4. The number of H-pyrrole nitrogens is 1. The van der Waals surface area contributed by atoms with Crippen molar-refractivity contribution in [3.63, 3.8) is 0 Å². The van der Waals surface area contributed by atoms with Crippen LogP contribution < -0.4 is 26.8 Å². The summed E-state index contributed by atoms with van der Waals surface area (Å²) in [6.07, 6.45) is -2.48. The van der Waals surface area contributed by atoms with Crippen LogP contribution in [0.15, 0.2) is 120 Å². The van der Waals surface area contributed by atoms with Gasteiger partial charge in [0.15, 0.2) is 30.5 Å². The van der Waals surface area contributed by atoms with Gasteiger partial charge in [-0.3, -0.25) is 39.2 Å². The average molecular weight is 1100 g/mol. The maximum absolute atomic E-state index is 13.7. The number of carbonyl (C=O) groups is 4. The lowest BCUT2D eigenvalue weighted by molar-refractivity contribution is -0.193. The van der Waals surface area contributed by atoms with Gasteiger partial charge in [-0.1, -0.05) is 111 Å². The molecule has 0 saturated carbocycles. The van der Waals surface area contributed by atoms with E-state index in [-0.39, 0.29) is 112 Å². The zero-order chi connectivity index (χ0) is 56.8. The van der Waals surface area contributed by atoms with Crippen molar-refractivity contribution in [3.05, 3.63) is 159 Å². The van der Waals surface area contributed by atoms with E-state index in [4.69, 9.17) is 34.2 Å². The summed E-state index contributed by atoms with van der Waals surface area (Å²) in [6, 6.07) is 33.0. The Labute approximate surface area is 455 Å². The van der Waals surface area contributed by atoms with Crippen LogP contribution in [0.4, 0.5) is 24.8 Å². The van der Waals surface area contributed by atoms with Gasteiger partial charge in [0.2, 0.25) is 5.95 Å². The number of aromatic nitrogens is 4. The predicted molar refractivity (Wildman–Crippen MR) is 287 cm³/mol. The number of nitrogens with zero attached hydrogens (tertiary/aromatic N) is 4. The van der Waals surface area contributed by atoms with Crippen molar-refractivity contribution in [2.24, 2.45) is 5.41 Å². The minimum absolute atomic E-state index is 0.0188. The van der Waals surface area contributed by atoms with Crippen molar-refractivity contribution in [2.45, 2.75) is 84.1 Å². The molecule has 0 aliphatic carbocycles. The Bertz CT molecular complexity index is 2920. The molecule has 22 heteroatoms. The number of nitrogens with one attached hydrogen (secondary N) is 3. The molecule has 1 atom stereocenters.